The normalized spacial score (nSPS) is 21.0. The zero-order chi connectivity index (χ0) is 17.0. The molecule has 0 radical (unpaired) electrons. The van der Waals surface area contributed by atoms with Gasteiger partial charge in [-0.25, -0.2) is 14.1 Å². The molecule has 1 N–H and O–H groups in total. The summed E-state index contributed by atoms with van der Waals surface area (Å²) in [6.07, 6.45) is -0.778. The Kier molecular flexibility index (Phi) is 5.50. The van der Waals surface area contributed by atoms with Gasteiger partial charge in [0.25, 0.3) is 0 Å². The lowest BCUT2D eigenvalue weighted by molar-refractivity contribution is -0.135. The van der Waals surface area contributed by atoms with Crippen LogP contribution in [0.15, 0.2) is 42.2 Å². The highest BCUT2D eigenvalue weighted by Gasteiger charge is 2.41. The molecule has 5 nitrogen and oxygen atoms in total. The molecule has 1 aromatic carbocycles. The molecule has 0 spiro atoms. The number of rotatable bonds is 5. The summed E-state index contributed by atoms with van der Waals surface area (Å²) < 4.78 is 18.5. The van der Waals surface area contributed by atoms with E-state index in [2.05, 4.69) is 0 Å². The molecule has 6 heteroatoms. The van der Waals surface area contributed by atoms with Gasteiger partial charge in [-0.1, -0.05) is 43.3 Å². The van der Waals surface area contributed by atoms with Gasteiger partial charge in [0, 0.05) is 0 Å². The number of amides is 2. The van der Waals surface area contributed by atoms with Crippen LogP contribution in [0.1, 0.15) is 19.4 Å². The van der Waals surface area contributed by atoms with Gasteiger partial charge in [-0.2, -0.15) is 0 Å². The van der Waals surface area contributed by atoms with E-state index in [4.69, 9.17) is 4.74 Å². The average molecular weight is 321 g/mol. The predicted molar refractivity (Wildman–Crippen MR) is 82.2 cm³/mol. The summed E-state index contributed by atoms with van der Waals surface area (Å²) in [7, 11) is 0. The van der Waals surface area contributed by atoms with E-state index in [0.717, 1.165) is 16.5 Å². The Morgan fingerprint density at radius 1 is 1.48 bits per heavy atom. The molecular weight excluding hydrogens is 301 g/mol. The summed E-state index contributed by atoms with van der Waals surface area (Å²) in [5.74, 6) is -2.51. The fourth-order valence-corrected chi connectivity index (χ4v) is 2.53. The highest BCUT2D eigenvalue weighted by Crippen LogP contribution is 2.23. The molecule has 0 saturated carbocycles. The van der Waals surface area contributed by atoms with E-state index in [0.29, 0.717) is 6.42 Å². The first-order chi connectivity index (χ1) is 11.0. The average Bonchev–Trinajstić information content (AvgIpc) is 2.93. The quantitative estimate of drug-likeness (QED) is 0.904. The number of aliphatic hydroxyl groups excluding tert-OH is 1. The molecule has 0 aromatic heterocycles. The number of imide groups is 1. The van der Waals surface area contributed by atoms with Gasteiger partial charge in [0.15, 0.2) is 0 Å². The van der Waals surface area contributed by atoms with E-state index < -0.39 is 35.9 Å². The fraction of sp³-hybridized carbons (Fsp3) is 0.412. The van der Waals surface area contributed by atoms with Crippen LogP contribution in [0.3, 0.4) is 0 Å². The minimum atomic E-state index is -1.57. The topological polar surface area (TPSA) is 66.8 Å². The number of hydrogen-bond donors (Lipinski definition) is 1. The molecule has 2 rings (SSSR count). The van der Waals surface area contributed by atoms with Gasteiger partial charge in [-0.15, -0.1) is 0 Å². The highest BCUT2D eigenvalue weighted by molar-refractivity contribution is 5.95. The van der Waals surface area contributed by atoms with Crippen molar-refractivity contribution >= 4 is 12.0 Å². The van der Waals surface area contributed by atoms with Crippen molar-refractivity contribution in [2.24, 2.45) is 5.92 Å². The van der Waals surface area contributed by atoms with Crippen LogP contribution < -0.4 is 0 Å². The van der Waals surface area contributed by atoms with Gasteiger partial charge in [0.05, 0.1) is 12.0 Å². The van der Waals surface area contributed by atoms with Crippen molar-refractivity contribution in [3.05, 3.63) is 47.8 Å². The number of carbonyl (C=O) groups is 2. The molecule has 0 unspecified atom stereocenters. The minimum Gasteiger partial charge on any atom is -0.447 e. The van der Waals surface area contributed by atoms with Crippen molar-refractivity contribution in [3.8, 4) is 0 Å². The van der Waals surface area contributed by atoms with Crippen molar-refractivity contribution in [3.63, 3.8) is 0 Å². The second kappa shape index (κ2) is 7.37. The molecule has 1 aliphatic heterocycles. The van der Waals surface area contributed by atoms with Crippen LogP contribution in [0.5, 0.6) is 0 Å². The maximum atomic E-state index is 13.5. The Balaban J connectivity index is 2.14. The third-order valence-corrected chi connectivity index (χ3v) is 3.93. The van der Waals surface area contributed by atoms with Crippen molar-refractivity contribution < 1.29 is 23.8 Å². The molecule has 1 saturated heterocycles. The van der Waals surface area contributed by atoms with E-state index in [9.17, 15) is 19.1 Å². The van der Waals surface area contributed by atoms with Crippen LogP contribution in [0.4, 0.5) is 9.18 Å². The molecule has 3 atom stereocenters. The van der Waals surface area contributed by atoms with Crippen LogP contribution in [0.2, 0.25) is 0 Å². The number of benzene rings is 1. The Bertz CT molecular complexity index is 602. The molecule has 0 aliphatic carbocycles. The molecule has 124 valence electrons. The van der Waals surface area contributed by atoms with Crippen LogP contribution in [-0.2, 0) is 16.0 Å². The minimum absolute atomic E-state index is 0.0916. The van der Waals surface area contributed by atoms with Gasteiger partial charge in [0.1, 0.15) is 18.5 Å². The Hall–Kier alpha value is -2.21. The summed E-state index contributed by atoms with van der Waals surface area (Å²) >= 11 is 0. The SMILES string of the molecule is CC=C(F)[C@H](O)[C@@H](C)C(=O)N1C(=O)OC[C@@H]1Cc1ccccc1. The number of nitrogens with zero attached hydrogens (tertiary/aromatic N) is 1. The first kappa shape index (κ1) is 17.1. The summed E-state index contributed by atoms with van der Waals surface area (Å²) in [4.78, 5) is 25.4. The Morgan fingerprint density at radius 2 is 2.13 bits per heavy atom. The van der Waals surface area contributed by atoms with E-state index >= 15 is 0 Å². The predicted octanol–water partition coefficient (Wildman–Crippen LogP) is 2.45. The lowest BCUT2D eigenvalue weighted by Crippen LogP contribution is -2.45. The molecule has 0 bridgehead atoms. The summed E-state index contributed by atoms with van der Waals surface area (Å²) in [5, 5.41) is 9.84. The van der Waals surface area contributed by atoms with Crippen molar-refractivity contribution in [2.45, 2.75) is 32.4 Å². The molecule has 1 aromatic rings. The van der Waals surface area contributed by atoms with E-state index in [1.54, 1.807) is 0 Å². The standard InChI is InChI=1S/C17H20FNO4/c1-3-14(18)15(20)11(2)16(21)19-13(10-23-17(19)22)9-12-7-5-4-6-8-12/h3-8,11,13,15,20H,9-10H2,1-2H3/t11-,13+,15-/m1/s1. The lowest BCUT2D eigenvalue weighted by Gasteiger charge is -2.25. The molecular formula is C17H20FNO4. The third kappa shape index (κ3) is 3.76. The van der Waals surface area contributed by atoms with Gasteiger partial charge >= 0.3 is 6.09 Å². The van der Waals surface area contributed by atoms with Gasteiger partial charge in [-0.05, 0) is 18.9 Å². The molecule has 1 aliphatic rings. The summed E-state index contributed by atoms with van der Waals surface area (Å²) in [5.41, 5.74) is 0.960. The number of hydrogen-bond acceptors (Lipinski definition) is 4. The Labute approximate surface area is 134 Å². The first-order valence-corrected chi connectivity index (χ1v) is 7.49. The number of allylic oxidation sites excluding steroid dienone is 1. The van der Waals surface area contributed by atoms with Crippen molar-refractivity contribution in [1.82, 2.24) is 4.90 Å². The van der Waals surface area contributed by atoms with Crippen LogP contribution in [-0.4, -0.2) is 40.8 Å². The van der Waals surface area contributed by atoms with Crippen LogP contribution >= 0.6 is 0 Å². The molecule has 1 heterocycles. The second-order valence-corrected chi connectivity index (χ2v) is 5.54. The fourth-order valence-electron chi connectivity index (χ4n) is 2.53. The third-order valence-electron chi connectivity index (χ3n) is 3.93. The zero-order valence-corrected chi connectivity index (χ0v) is 13.1. The summed E-state index contributed by atoms with van der Waals surface area (Å²) in [6.45, 7) is 2.91. The summed E-state index contributed by atoms with van der Waals surface area (Å²) in [6, 6.07) is 8.94. The number of ether oxygens (including phenoxy) is 1. The highest BCUT2D eigenvalue weighted by atomic mass is 19.1. The number of halogens is 1. The zero-order valence-electron chi connectivity index (χ0n) is 13.1. The van der Waals surface area contributed by atoms with Crippen molar-refractivity contribution in [1.29, 1.82) is 0 Å². The van der Waals surface area contributed by atoms with Gasteiger partial charge in [0.2, 0.25) is 5.91 Å². The largest absolute Gasteiger partial charge is 0.447 e. The van der Waals surface area contributed by atoms with Gasteiger partial charge < -0.3 is 9.84 Å². The number of cyclic esters (lactones) is 1. The lowest BCUT2D eigenvalue weighted by atomic mass is 9.99. The monoisotopic (exact) mass is 321 g/mol. The van der Waals surface area contributed by atoms with E-state index in [-0.39, 0.29) is 6.61 Å². The smallest absolute Gasteiger partial charge is 0.416 e. The number of aliphatic hydroxyl groups is 1. The maximum Gasteiger partial charge on any atom is 0.416 e. The van der Waals surface area contributed by atoms with E-state index in [1.165, 1.54) is 13.8 Å². The van der Waals surface area contributed by atoms with Crippen molar-refractivity contribution in [2.75, 3.05) is 6.61 Å². The Morgan fingerprint density at radius 3 is 2.74 bits per heavy atom. The van der Waals surface area contributed by atoms with Gasteiger partial charge in [-0.3, -0.25) is 4.79 Å². The van der Waals surface area contributed by atoms with Crippen LogP contribution in [0.25, 0.3) is 0 Å². The van der Waals surface area contributed by atoms with Crippen LogP contribution in [0, 0.1) is 5.92 Å². The second-order valence-electron chi connectivity index (χ2n) is 5.54. The molecule has 1 fully saturated rings. The molecule has 23 heavy (non-hydrogen) atoms. The van der Waals surface area contributed by atoms with E-state index in [1.807, 2.05) is 30.3 Å². The first-order valence-electron chi connectivity index (χ1n) is 7.49. The molecule has 2 amide bonds. The maximum absolute atomic E-state index is 13.5. The number of carbonyl (C=O) groups excluding carboxylic acids is 2.